The highest BCUT2D eigenvalue weighted by Gasteiger charge is 2.13. The Labute approximate surface area is 113 Å². The van der Waals surface area contributed by atoms with Crippen LogP contribution in [-0.4, -0.2) is 54.0 Å². The van der Waals surface area contributed by atoms with Crippen molar-refractivity contribution in [3.63, 3.8) is 0 Å². The summed E-state index contributed by atoms with van der Waals surface area (Å²) in [4.78, 5) is 15.6. The molecule has 4 heteroatoms. The first-order chi connectivity index (χ1) is 9.24. The number of rotatable bonds is 3. The number of benzene rings is 1. The average molecular weight is 257 g/mol. The maximum Gasteiger partial charge on any atom is 0.217 e. The largest absolute Gasteiger partial charge is 0.304 e. The molecule has 0 N–H and O–H groups in total. The van der Waals surface area contributed by atoms with Crippen LogP contribution in [0, 0.1) is 0 Å². The molecule has 0 atom stereocenters. The third-order valence-corrected chi connectivity index (χ3v) is 3.85. The van der Waals surface area contributed by atoms with Crippen LogP contribution in [-0.2, 0) is 11.3 Å². The van der Waals surface area contributed by atoms with E-state index in [0.717, 1.165) is 49.9 Å². The Kier molecular flexibility index (Phi) is 3.36. The lowest BCUT2D eigenvalue weighted by Crippen LogP contribution is -2.43. The van der Waals surface area contributed by atoms with Crippen molar-refractivity contribution in [2.24, 2.45) is 0 Å². The van der Waals surface area contributed by atoms with Crippen LogP contribution in [0.25, 0.3) is 10.8 Å². The molecule has 1 aromatic heterocycles. The first kappa shape index (κ1) is 12.4. The van der Waals surface area contributed by atoms with Gasteiger partial charge >= 0.3 is 0 Å². The Morgan fingerprint density at radius 3 is 2.58 bits per heavy atom. The number of carbonyl (C=O) groups excluding carboxylic acids is 1. The lowest BCUT2D eigenvalue weighted by molar-refractivity contribution is 0.148. The molecular weight excluding hydrogens is 238 g/mol. The van der Waals surface area contributed by atoms with Gasteiger partial charge in [0.2, 0.25) is 6.41 Å². The van der Waals surface area contributed by atoms with E-state index in [1.165, 1.54) is 5.56 Å². The molecule has 0 saturated carbocycles. The fourth-order valence-corrected chi connectivity index (χ4v) is 2.64. The summed E-state index contributed by atoms with van der Waals surface area (Å²) in [6.45, 7) is 5.54. The molecule has 1 aliphatic rings. The monoisotopic (exact) mass is 257 g/mol. The third-order valence-electron chi connectivity index (χ3n) is 3.85. The number of fused-ring (bicyclic) bond motifs is 1. The summed E-state index contributed by atoms with van der Waals surface area (Å²) in [6, 6.07) is 6.45. The zero-order valence-electron chi connectivity index (χ0n) is 11.2. The lowest BCUT2D eigenvalue weighted by atomic mass is 10.1. The first-order valence-corrected chi connectivity index (χ1v) is 6.71. The molecule has 1 aromatic carbocycles. The lowest BCUT2D eigenvalue weighted by Gasteiger charge is -2.32. The number of nitrogens with zero attached hydrogens (tertiary/aromatic N) is 3. The Hall–Kier alpha value is -1.65. The molecule has 1 aliphatic heterocycles. The van der Waals surface area contributed by atoms with Gasteiger partial charge in [-0.05, 0) is 24.1 Å². The second-order valence-corrected chi connectivity index (χ2v) is 5.35. The van der Waals surface area contributed by atoms with Gasteiger partial charge in [-0.1, -0.05) is 12.1 Å². The van der Waals surface area contributed by atoms with Crippen LogP contribution in [0.3, 0.4) is 0 Å². The van der Waals surface area contributed by atoms with Crippen molar-refractivity contribution in [1.82, 2.24) is 14.4 Å². The minimum Gasteiger partial charge on any atom is -0.304 e. The van der Waals surface area contributed by atoms with Crippen LogP contribution in [0.5, 0.6) is 0 Å². The van der Waals surface area contributed by atoms with Crippen molar-refractivity contribution in [3.05, 3.63) is 36.2 Å². The van der Waals surface area contributed by atoms with Gasteiger partial charge in [-0.3, -0.25) is 14.3 Å². The van der Waals surface area contributed by atoms with E-state index in [0.29, 0.717) is 0 Å². The molecule has 0 amide bonds. The first-order valence-electron chi connectivity index (χ1n) is 6.71. The topological polar surface area (TPSA) is 28.5 Å². The minimum absolute atomic E-state index is 0.833. The molecule has 0 bridgehead atoms. The highest BCUT2D eigenvalue weighted by atomic mass is 16.1. The van der Waals surface area contributed by atoms with Gasteiger partial charge in [0.25, 0.3) is 0 Å². The number of aromatic nitrogens is 1. The fourth-order valence-electron chi connectivity index (χ4n) is 2.64. The zero-order chi connectivity index (χ0) is 13.2. The van der Waals surface area contributed by atoms with Crippen LogP contribution < -0.4 is 0 Å². The molecule has 4 nitrogen and oxygen atoms in total. The van der Waals surface area contributed by atoms with Crippen LogP contribution in [0.1, 0.15) is 5.56 Å². The Morgan fingerprint density at radius 1 is 1.11 bits per heavy atom. The Balaban J connectivity index is 1.75. The molecule has 2 aromatic rings. The summed E-state index contributed by atoms with van der Waals surface area (Å²) >= 11 is 0. The zero-order valence-corrected chi connectivity index (χ0v) is 11.2. The van der Waals surface area contributed by atoms with Gasteiger partial charge in [-0.25, -0.2) is 0 Å². The maximum absolute atomic E-state index is 10.8. The highest BCUT2D eigenvalue weighted by Crippen LogP contribution is 2.18. The molecule has 0 spiro atoms. The quantitative estimate of drug-likeness (QED) is 0.779. The summed E-state index contributed by atoms with van der Waals surface area (Å²) in [7, 11) is 2.17. The molecule has 0 radical (unpaired) electrons. The van der Waals surface area contributed by atoms with Crippen LogP contribution >= 0.6 is 0 Å². The molecule has 3 rings (SSSR count). The van der Waals surface area contributed by atoms with Gasteiger partial charge in [-0.2, -0.15) is 0 Å². The molecule has 1 saturated heterocycles. The molecular formula is C15H19N3O. The standard InChI is InChI=1S/C15H19N3O/c1-16-4-6-17(7-5-16)9-13-2-3-14-10-18(12-19)11-15(14)8-13/h2-3,8,10-12H,4-7,9H2,1H3. The average Bonchev–Trinajstić information content (AvgIpc) is 2.83. The van der Waals surface area contributed by atoms with Crippen molar-refractivity contribution >= 4 is 17.2 Å². The Bertz CT molecular complexity index is 582. The van der Waals surface area contributed by atoms with E-state index < -0.39 is 0 Å². The van der Waals surface area contributed by atoms with Crippen molar-refractivity contribution in [3.8, 4) is 0 Å². The third kappa shape index (κ3) is 2.69. The number of likely N-dealkylation sites (N-methyl/N-ethyl adjacent to an activating group) is 1. The maximum atomic E-state index is 10.8. The smallest absolute Gasteiger partial charge is 0.217 e. The number of piperazine rings is 1. The van der Waals surface area contributed by atoms with Gasteiger partial charge in [0.05, 0.1) is 0 Å². The van der Waals surface area contributed by atoms with Crippen molar-refractivity contribution in [2.45, 2.75) is 6.54 Å². The van der Waals surface area contributed by atoms with Crippen molar-refractivity contribution in [2.75, 3.05) is 33.2 Å². The van der Waals surface area contributed by atoms with Gasteiger partial charge in [-0.15, -0.1) is 0 Å². The van der Waals surface area contributed by atoms with Gasteiger partial charge < -0.3 is 4.90 Å². The molecule has 0 aliphatic carbocycles. The SMILES string of the molecule is CN1CCN(Cc2ccc3cn(C=O)cc3c2)CC1. The van der Waals surface area contributed by atoms with Crippen molar-refractivity contribution < 1.29 is 4.79 Å². The van der Waals surface area contributed by atoms with Gasteiger partial charge in [0, 0.05) is 50.5 Å². The van der Waals surface area contributed by atoms with E-state index in [2.05, 4.69) is 35.0 Å². The molecule has 19 heavy (non-hydrogen) atoms. The molecule has 100 valence electrons. The van der Waals surface area contributed by atoms with E-state index >= 15 is 0 Å². The Morgan fingerprint density at radius 2 is 1.84 bits per heavy atom. The van der Waals surface area contributed by atoms with Gasteiger partial charge in [0.1, 0.15) is 0 Å². The van der Waals surface area contributed by atoms with Gasteiger partial charge in [0.15, 0.2) is 0 Å². The molecule has 0 unspecified atom stereocenters. The second-order valence-electron chi connectivity index (χ2n) is 5.35. The van der Waals surface area contributed by atoms with E-state index in [1.54, 1.807) is 4.57 Å². The number of carbonyl (C=O) groups is 1. The summed E-state index contributed by atoms with van der Waals surface area (Å²) < 4.78 is 1.57. The van der Waals surface area contributed by atoms with Crippen LogP contribution in [0.15, 0.2) is 30.6 Å². The summed E-state index contributed by atoms with van der Waals surface area (Å²) in [5.41, 5.74) is 1.32. The predicted octanol–water partition coefficient (Wildman–Crippen LogP) is 1.43. The van der Waals surface area contributed by atoms with Crippen molar-refractivity contribution in [1.29, 1.82) is 0 Å². The van der Waals surface area contributed by atoms with E-state index in [1.807, 2.05) is 12.4 Å². The minimum atomic E-state index is 0.833. The summed E-state index contributed by atoms with van der Waals surface area (Å²) in [5.74, 6) is 0. The van der Waals surface area contributed by atoms with E-state index in [9.17, 15) is 4.79 Å². The number of hydrogen-bond donors (Lipinski definition) is 0. The highest BCUT2D eigenvalue weighted by molar-refractivity contribution is 5.85. The molecule has 1 fully saturated rings. The number of hydrogen-bond acceptors (Lipinski definition) is 3. The summed E-state index contributed by atoms with van der Waals surface area (Å²) in [6.07, 6.45) is 4.58. The molecule has 2 heterocycles. The van der Waals surface area contributed by atoms with Crippen LogP contribution in [0.4, 0.5) is 0 Å². The fraction of sp³-hybridized carbons (Fsp3) is 0.400. The van der Waals surface area contributed by atoms with E-state index in [4.69, 9.17) is 0 Å². The van der Waals surface area contributed by atoms with E-state index in [-0.39, 0.29) is 0 Å². The predicted molar refractivity (Wildman–Crippen MR) is 76.9 cm³/mol. The van der Waals surface area contributed by atoms with Crippen LogP contribution in [0.2, 0.25) is 0 Å². The normalized spacial score (nSPS) is 17.9. The second kappa shape index (κ2) is 5.15. The summed E-state index contributed by atoms with van der Waals surface area (Å²) in [5, 5.41) is 2.26.